The van der Waals surface area contributed by atoms with Gasteiger partial charge in [-0.3, -0.25) is 14.1 Å². The van der Waals surface area contributed by atoms with E-state index in [4.69, 9.17) is 4.18 Å². The Bertz CT molecular complexity index is 848. The molecule has 7 nitrogen and oxygen atoms in total. The second-order valence-electron chi connectivity index (χ2n) is 5.50. The smallest absolute Gasteiger partial charge is 0.273 e. The van der Waals surface area contributed by atoms with Crippen molar-refractivity contribution in [3.63, 3.8) is 0 Å². The van der Waals surface area contributed by atoms with Crippen LogP contribution in [0, 0.1) is 6.92 Å². The van der Waals surface area contributed by atoms with Gasteiger partial charge in [0, 0.05) is 22.1 Å². The fourth-order valence-corrected chi connectivity index (χ4v) is 3.40. The normalized spacial score (nSPS) is 12.8. The number of rotatable bonds is 6. The lowest BCUT2D eigenvalue weighted by Gasteiger charge is -2.12. The summed E-state index contributed by atoms with van der Waals surface area (Å²) in [5, 5.41) is 9.33. The third-order valence-electron chi connectivity index (χ3n) is 3.23. The van der Waals surface area contributed by atoms with Crippen LogP contribution in [0.3, 0.4) is 0 Å². The number of nitrogens with one attached hydrogen (secondary N) is 2. The predicted octanol–water partition coefficient (Wildman–Crippen LogP) is 2.64. The quantitative estimate of drug-likeness (QED) is 0.706. The number of nitrogens with zero attached hydrogens (tertiary/aromatic N) is 1. The first-order chi connectivity index (χ1) is 11.2. The summed E-state index contributed by atoms with van der Waals surface area (Å²) in [5.41, 5.74) is 2.46. The highest BCUT2D eigenvalue weighted by Gasteiger charge is 2.19. The summed E-state index contributed by atoms with van der Waals surface area (Å²) in [4.78, 5) is 12.4. The van der Waals surface area contributed by atoms with Crippen molar-refractivity contribution >= 4 is 37.6 Å². The fraction of sp³-hybridized carbons (Fsp3) is 0.333. The van der Waals surface area contributed by atoms with E-state index in [9.17, 15) is 13.2 Å². The van der Waals surface area contributed by atoms with Crippen LogP contribution in [0.1, 0.15) is 28.5 Å². The van der Waals surface area contributed by atoms with Crippen LogP contribution in [0.25, 0.3) is 0 Å². The lowest BCUT2D eigenvalue weighted by atomic mass is 10.1. The Labute approximate surface area is 149 Å². The van der Waals surface area contributed by atoms with Gasteiger partial charge in [0.25, 0.3) is 16.0 Å². The largest absolute Gasteiger partial charge is 0.320 e. The number of carbonyl (C=O) groups excluding carboxylic acids is 1. The summed E-state index contributed by atoms with van der Waals surface area (Å²) in [6.45, 7) is 3.50. The minimum atomic E-state index is -3.55. The van der Waals surface area contributed by atoms with E-state index in [0.29, 0.717) is 11.3 Å². The minimum Gasteiger partial charge on any atom is -0.320 e. The molecule has 9 heteroatoms. The molecule has 0 aliphatic heterocycles. The van der Waals surface area contributed by atoms with Gasteiger partial charge < -0.3 is 5.32 Å². The topological polar surface area (TPSA) is 101 Å². The molecule has 1 unspecified atom stereocenters. The van der Waals surface area contributed by atoms with E-state index >= 15 is 0 Å². The van der Waals surface area contributed by atoms with Crippen molar-refractivity contribution < 1.29 is 17.4 Å². The Morgan fingerprint density at radius 2 is 2.17 bits per heavy atom. The predicted molar refractivity (Wildman–Crippen MR) is 94.5 cm³/mol. The van der Waals surface area contributed by atoms with Gasteiger partial charge in [0.05, 0.1) is 18.6 Å². The molecule has 2 N–H and O–H groups in total. The monoisotopic (exact) mass is 415 g/mol. The molecule has 1 aromatic heterocycles. The van der Waals surface area contributed by atoms with E-state index in [-0.39, 0.29) is 18.0 Å². The Kier molecular flexibility index (Phi) is 5.79. The second kappa shape index (κ2) is 7.45. The maximum absolute atomic E-state index is 12.4. The molecule has 0 aliphatic rings. The number of carbonyl (C=O) groups is 1. The van der Waals surface area contributed by atoms with Gasteiger partial charge in [-0.2, -0.15) is 13.5 Å². The fourth-order valence-electron chi connectivity index (χ4n) is 2.26. The lowest BCUT2D eigenvalue weighted by molar-refractivity contribution is 0.102. The van der Waals surface area contributed by atoms with Gasteiger partial charge in [-0.05, 0) is 37.6 Å². The summed E-state index contributed by atoms with van der Waals surface area (Å²) >= 11 is 3.37. The van der Waals surface area contributed by atoms with Gasteiger partial charge in [-0.15, -0.1) is 0 Å². The molecule has 0 spiro atoms. The number of hydrogen-bond donors (Lipinski definition) is 2. The Balaban J connectivity index is 2.12. The third kappa shape index (κ3) is 5.15. The molecular weight excluding hydrogens is 398 g/mol. The van der Waals surface area contributed by atoms with Crippen molar-refractivity contribution in [1.29, 1.82) is 0 Å². The average Bonchev–Trinajstić information content (AvgIpc) is 2.87. The maximum atomic E-state index is 12.4. The van der Waals surface area contributed by atoms with Crippen molar-refractivity contribution in [2.75, 3.05) is 11.6 Å². The molecule has 1 atom stereocenters. The molecule has 24 heavy (non-hydrogen) atoms. The number of amides is 1. The Morgan fingerprint density at radius 3 is 2.79 bits per heavy atom. The molecule has 0 saturated heterocycles. The molecule has 2 aromatic rings. The third-order valence-corrected chi connectivity index (χ3v) is 4.40. The number of aryl methyl sites for hydroxylation is 1. The van der Waals surface area contributed by atoms with Crippen molar-refractivity contribution in [3.05, 3.63) is 45.7 Å². The van der Waals surface area contributed by atoms with E-state index < -0.39 is 16.2 Å². The molecule has 2 rings (SSSR count). The van der Waals surface area contributed by atoms with Crippen molar-refractivity contribution in [2.24, 2.45) is 0 Å². The standard InChI is InChI=1S/C15H18BrN3O4S/c1-9-6-12(16)4-5-13(9)18-15(20)14-11(8-17-19-14)7-10(2)23-24(3,21)22/h4-6,8,10H,7H2,1-3H3,(H,17,19)(H,18,20). The highest BCUT2D eigenvalue weighted by molar-refractivity contribution is 9.10. The van der Waals surface area contributed by atoms with E-state index in [1.165, 1.54) is 6.20 Å². The number of anilines is 1. The molecule has 0 bridgehead atoms. The van der Waals surface area contributed by atoms with Crippen LogP contribution in [-0.2, 0) is 20.7 Å². The highest BCUT2D eigenvalue weighted by atomic mass is 79.9. The van der Waals surface area contributed by atoms with Gasteiger partial charge in [-0.25, -0.2) is 0 Å². The highest BCUT2D eigenvalue weighted by Crippen LogP contribution is 2.21. The zero-order valence-corrected chi connectivity index (χ0v) is 15.9. The van der Waals surface area contributed by atoms with Crippen molar-refractivity contribution in [3.8, 4) is 0 Å². The zero-order valence-electron chi connectivity index (χ0n) is 13.5. The molecule has 130 valence electrons. The number of benzene rings is 1. The van der Waals surface area contributed by atoms with Crippen LogP contribution < -0.4 is 5.32 Å². The average molecular weight is 416 g/mol. The van der Waals surface area contributed by atoms with E-state index in [1.54, 1.807) is 13.0 Å². The van der Waals surface area contributed by atoms with Crippen LogP contribution in [0.15, 0.2) is 28.9 Å². The van der Waals surface area contributed by atoms with Crippen LogP contribution in [0.2, 0.25) is 0 Å². The van der Waals surface area contributed by atoms with Crippen LogP contribution in [-0.4, -0.2) is 36.9 Å². The first-order valence-electron chi connectivity index (χ1n) is 7.13. The first-order valence-corrected chi connectivity index (χ1v) is 9.74. The minimum absolute atomic E-state index is 0.242. The number of hydrogen-bond acceptors (Lipinski definition) is 5. The van der Waals surface area contributed by atoms with Gasteiger partial charge in [0.2, 0.25) is 0 Å². The van der Waals surface area contributed by atoms with Crippen LogP contribution in [0.5, 0.6) is 0 Å². The summed E-state index contributed by atoms with van der Waals surface area (Å²) < 4.78 is 28.1. The lowest BCUT2D eigenvalue weighted by Crippen LogP contribution is -2.20. The van der Waals surface area contributed by atoms with Crippen LogP contribution >= 0.6 is 15.9 Å². The summed E-state index contributed by atoms with van der Waals surface area (Å²) in [6, 6.07) is 5.52. The van der Waals surface area contributed by atoms with E-state index in [1.807, 2.05) is 19.1 Å². The SMILES string of the molecule is Cc1cc(Br)ccc1NC(=O)c1[nH]ncc1CC(C)OS(C)(=O)=O. The molecule has 1 heterocycles. The first kappa shape index (κ1) is 18.6. The summed E-state index contributed by atoms with van der Waals surface area (Å²) in [6.07, 6.45) is 2.12. The molecule has 1 aromatic carbocycles. The molecule has 0 aliphatic carbocycles. The maximum Gasteiger partial charge on any atom is 0.273 e. The zero-order chi connectivity index (χ0) is 17.9. The summed E-state index contributed by atoms with van der Waals surface area (Å²) in [5.74, 6) is -0.348. The molecule has 0 radical (unpaired) electrons. The van der Waals surface area contributed by atoms with Gasteiger partial charge in [-0.1, -0.05) is 15.9 Å². The molecule has 1 amide bonds. The Morgan fingerprint density at radius 1 is 1.46 bits per heavy atom. The van der Waals surface area contributed by atoms with Gasteiger partial charge in [0.1, 0.15) is 5.69 Å². The molecule has 0 saturated carbocycles. The second-order valence-corrected chi connectivity index (χ2v) is 8.02. The van der Waals surface area contributed by atoms with Gasteiger partial charge in [0.15, 0.2) is 0 Å². The number of aromatic amines is 1. The Hall–Kier alpha value is -1.71. The van der Waals surface area contributed by atoms with Crippen LogP contribution in [0.4, 0.5) is 5.69 Å². The van der Waals surface area contributed by atoms with Gasteiger partial charge >= 0.3 is 0 Å². The summed E-state index contributed by atoms with van der Waals surface area (Å²) in [7, 11) is -3.55. The molecular formula is C15H18BrN3O4S. The number of halogens is 1. The van der Waals surface area contributed by atoms with E-state index in [0.717, 1.165) is 16.3 Å². The van der Waals surface area contributed by atoms with Crippen molar-refractivity contribution in [2.45, 2.75) is 26.4 Å². The number of aromatic nitrogens is 2. The van der Waals surface area contributed by atoms with Crippen molar-refractivity contribution in [1.82, 2.24) is 10.2 Å². The number of H-pyrrole nitrogens is 1. The van der Waals surface area contributed by atoms with E-state index in [2.05, 4.69) is 31.4 Å². The molecule has 0 fully saturated rings.